The summed E-state index contributed by atoms with van der Waals surface area (Å²) in [6, 6.07) is 1.43. The van der Waals surface area contributed by atoms with E-state index in [1.54, 1.807) is 0 Å². The second-order valence-electron chi connectivity index (χ2n) is 6.78. The number of carbonyl (C=O) groups is 2. The molecule has 3 rings (SSSR count). The van der Waals surface area contributed by atoms with Gasteiger partial charge in [0.05, 0.1) is 10.9 Å². The van der Waals surface area contributed by atoms with E-state index in [-0.39, 0.29) is 29.6 Å². The zero-order valence-electron chi connectivity index (χ0n) is 16.6. The minimum Gasteiger partial charge on any atom is -0.342 e. The molecule has 1 aromatic heterocycles. The molecule has 172 valence electrons. The number of rotatable bonds is 4. The van der Waals surface area contributed by atoms with Gasteiger partial charge < -0.3 is 5.32 Å². The number of hydrogen-bond donors (Lipinski definition) is 1. The van der Waals surface area contributed by atoms with Crippen molar-refractivity contribution in [1.29, 1.82) is 0 Å². The topological polar surface area (TPSA) is 127 Å². The molecule has 0 bridgehead atoms. The molecule has 2 aromatic rings. The number of nitrogens with one attached hydrogen (secondary N) is 1. The smallest absolute Gasteiger partial charge is 0.342 e. The van der Waals surface area contributed by atoms with Gasteiger partial charge in [0.15, 0.2) is 11.7 Å². The fraction of sp³-hybridized carbons (Fsp3) is 0.353. The second kappa shape index (κ2) is 8.50. The molecule has 10 nitrogen and oxygen atoms in total. The molecule has 0 spiro atoms. The predicted octanol–water partition coefficient (Wildman–Crippen LogP) is 2.13. The average molecular weight is 493 g/mol. The summed E-state index contributed by atoms with van der Waals surface area (Å²) >= 11 is 5.75. The Morgan fingerprint density at radius 2 is 1.94 bits per heavy atom. The number of aromatic nitrogens is 3. The van der Waals surface area contributed by atoms with Crippen LogP contribution in [0.25, 0.3) is 0 Å². The molecule has 0 aliphatic carbocycles. The van der Waals surface area contributed by atoms with Crippen LogP contribution < -0.4 is 5.32 Å². The quantitative estimate of drug-likeness (QED) is 0.696. The Kier molecular flexibility index (Phi) is 6.29. The Balaban J connectivity index is 1.86. The van der Waals surface area contributed by atoms with Crippen LogP contribution in [0.2, 0.25) is 5.02 Å². The highest BCUT2D eigenvalue weighted by molar-refractivity contribution is 7.92. The number of halogens is 4. The number of carbonyl (C=O) groups excluding carboxylic acids is 2. The molecular weight excluding hydrogens is 477 g/mol. The first-order valence-electron chi connectivity index (χ1n) is 8.98. The first-order valence-corrected chi connectivity index (χ1v) is 10.8. The van der Waals surface area contributed by atoms with Gasteiger partial charge in [0.1, 0.15) is 6.33 Å². The standard InChI is InChI=1S/C17H16ClF3N6O4S/c1-9(15-22-8-23-27(15)13-3-4-14(28)26(2)25-13)24-16(29)10-5-11(18)7-12(6-10)32(30,31)17(19,20)21/h5-9H,3-4H2,1-2H3,(H,24,29)/t9-/m0/s1. The Morgan fingerprint density at radius 1 is 1.25 bits per heavy atom. The van der Waals surface area contributed by atoms with Crippen molar-refractivity contribution in [3.8, 4) is 0 Å². The van der Waals surface area contributed by atoms with Gasteiger partial charge in [0.25, 0.3) is 15.7 Å². The molecule has 2 heterocycles. The number of hydrogen-bond acceptors (Lipinski definition) is 7. The van der Waals surface area contributed by atoms with E-state index >= 15 is 0 Å². The van der Waals surface area contributed by atoms with Crippen molar-refractivity contribution < 1.29 is 31.2 Å². The number of sulfone groups is 1. The summed E-state index contributed by atoms with van der Waals surface area (Å²) in [5.41, 5.74) is -5.94. The van der Waals surface area contributed by atoms with Gasteiger partial charge >= 0.3 is 5.51 Å². The normalized spacial score (nSPS) is 16.0. The van der Waals surface area contributed by atoms with Crippen molar-refractivity contribution in [2.24, 2.45) is 5.10 Å². The molecule has 1 aliphatic heterocycles. The molecule has 1 aromatic carbocycles. The van der Waals surface area contributed by atoms with Gasteiger partial charge in [-0.2, -0.15) is 28.1 Å². The molecule has 0 saturated heterocycles. The molecule has 1 atom stereocenters. The average Bonchev–Trinajstić information content (AvgIpc) is 3.18. The van der Waals surface area contributed by atoms with Crippen LogP contribution in [0.15, 0.2) is 34.5 Å². The van der Waals surface area contributed by atoms with E-state index < -0.39 is 37.8 Å². The number of alkyl halides is 3. The van der Waals surface area contributed by atoms with Gasteiger partial charge in [0, 0.05) is 30.5 Å². The van der Waals surface area contributed by atoms with Gasteiger partial charge in [-0.15, -0.1) is 0 Å². The summed E-state index contributed by atoms with van der Waals surface area (Å²) in [6.45, 7) is 1.54. The van der Waals surface area contributed by atoms with Crippen molar-refractivity contribution in [3.05, 3.63) is 40.9 Å². The van der Waals surface area contributed by atoms with Crippen LogP contribution in [-0.4, -0.2) is 58.4 Å². The third-order valence-corrected chi connectivity index (χ3v) is 6.17. The Morgan fingerprint density at radius 3 is 2.56 bits per heavy atom. The Hall–Kier alpha value is -3.00. The van der Waals surface area contributed by atoms with E-state index in [0.717, 1.165) is 11.1 Å². The van der Waals surface area contributed by atoms with Crippen molar-refractivity contribution in [1.82, 2.24) is 25.1 Å². The molecule has 0 radical (unpaired) electrons. The van der Waals surface area contributed by atoms with E-state index in [0.29, 0.717) is 18.0 Å². The molecule has 0 saturated carbocycles. The van der Waals surface area contributed by atoms with Crippen LogP contribution in [0.3, 0.4) is 0 Å². The zero-order chi connectivity index (χ0) is 23.8. The summed E-state index contributed by atoms with van der Waals surface area (Å²) in [7, 11) is -4.22. The minimum atomic E-state index is -5.70. The molecule has 15 heteroatoms. The second-order valence-corrected chi connectivity index (χ2v) is 9.16. The predicted molar refractivity (Wildman–Crippen MR) is 105 cm³/mol. The van der Waals surface area contributed by atoms with Crippen LogP contribution in [0.5, 0.6) is 0 Å². The maximum absolute atomic E-state index is 12.9. The SMILES string of the molecule is C[C@H](NC(=O)c1cc(Cl)cc(S(=O)(=O)C(F)(F)F)c1)c1ncnn1C1=NN(C)C(=O)CC1. The minimum absolute atomic E-state index is 0.178. The van der Waals surface area contributed by atoms with Gasteiger partial charge in [-0.25, -0.2) is 18.4 Å². The fourth-order valence-corrected chi connectivity index (χ4v) is 4.01. The maximum atomic E-state index is 12.9. The van der Waals surface area contributed by atoms with Crippen molar-refractivity contribution in [2.45, 2.75) is 36.2 Å². The van der Waals surface area contributed by atoms with Crippen LogP contribution in [-0.2, 0) is 14.6 Å². The maximum Gasteiger partial charge on any atom is 0.501 e. The van der Waals surface area contributed by atoms with E-state index in [2.05, 4.69) is 20.5 Å². The lowest BCUT2D eigenvalue weighted by atomic mass is 10.2. The highest BCUT2D eigenvalue weighted by Crippen LogP contribution is 2.32. The highest BCUT2D eigenvalue weighted by atomic mass is 35.5. The van der Waals surface area contributed by atoms with Crippen LogP contribution in [0.1, 0.15) is 42.0 Å². The van der Waals surface area contributed by atoms with E-state index in [1.165, 1.54) is 25.0 Å². The highest BCUT2D eigenvalue weighted by Gasteiger charge is 2.47. The molecule has 1 aliphatic rings. The monoisotopic (exact) mass is 492 g/mol. The molecule has 0 unspecified atom stereocenters. The van der Waals surface area contributed by atoms with Crippen LogP contribution in [0, 0.1) is 0 Å². The molecule has 0 fully saturated rings. The summed E-state index contributed by atoms with van der Waals surface area (Å²) in [6.07, 6.45) is 1.70. The number of hydrazone groups is 1. The first kappa shape index (κ1) is 23.7. The third kappa shape index (κ3) is 4.60. The summed E-state index contributed by atoms with van der Waals surface area (Å²) in [5, 5.41) is 11.5. The van der Waals surface area contributed by atoms with Crippen molar-refractivity contribution in [2.75, 3.05) is 7.05 Å². The lowest BCUT2D eigenvalue weighted by Crippen LogP contribution is -2.34. The lowest BCUT2D eigenvalue weighted by Gasteiger charge is -2.21. The number of amides is 2. The summed E-state index contributed by atoms with van der Waals surface area (Å²) in [5.74, 6) is -0.416. The first-order chi connectivity index (χ1) is 14.8. The molecule has 2 amide bonds. The molecule has 1 N–H and O–H groups in total. The summed E-state index contributed by atoms with van der Waals surface area (Å²) in [4.78, 5) is 27.2. The Labute approximate surface area is 185 Å². The number of benzene rings is 1. The zero-order valence-corrected chi connectivity index (χ0v) is 18.2. The van der Waals surface area contributed by atoms with Gasteiger partial charge in [-0.3, -0.25) is 9.59 Å². The van der Waals surface area contributed by atoms with Crippen LogP contribution in [0.4, 0.5) is 13.2 Å². The fourth-order valence-electron chi connectivity index (χ4n) is 2.88. The Bertz CT molecular complexity index is 1210. The van der Waals surface area contributed by atoms with Crippen molar-refractivity contribution >= 4 is 39.1 Å². The largest absolute Gasteiger partial charge is 0.501 e. The molecular formula is C17H16ClF3N6O4S. The van der Waals surface area contributed by atoms with Gasteiger partial charge in [-0.1, -0.05) is 11.6 Å². The third-order valence-electron chi connectivity index (χ3n) is 4.49. The summed E-state index contributed by atoms with van der Waals surface area (Å²) < 4.78 is 63.3. The van der Waals surface area contributed by atoms with E-state index in [4.69, 9.17) is 11.6 Å². The van der Waals surface area contributed by atoms with Gasteiger partial charge in [-0.05, 0) is 25.1 Å². The lowest BCUT2D eigenvalue weighted by molar-refractivity contribution is -0.130. The van der Waals surface area contributed by atoms with E-state index in [9.17, 15) is 31.2 Å². The van der Waals surface area contributed by atoms with Crippen molar-refractivity contribution in [3.63, 3.8) is 0 Å². The van der Waals surface area contributed by atoms with Gasteiger partial charge in [0.2, 0.25) is 5.91 Å². The van der Waals surface area contributed by atoms with Crippen LogP contribution >= 0.6 is 11.6 Å². The molecule has 32 heavy (non-hydrogen) atoms. The van der Waals surface area contributed by atoms with E-state index in [1.807, 2.05) is 0 Å². The number of nitrogens with zero attached hydrogens (tertiary/aromatic N) is 5.